The lowest BCUT2D eigenvalue weighted by Crippen LogP contribution is -2.23. The third-order valence-corrected chi connectivity index (χ3v) is 2.40. The molecule has 4 heteroatoms. The average molecular weight is 250 g/mol. The molecule has 18 heavy (non-hydrogen) atoms. The van der Waals surface area contributed by atoms with E-state index in [4.69, 9.17) is 9.84 Å². The summed E-state index contributed by atoms with van der Waals surface area (Å²) in [7, 11) is 0. The zero-order valence-electron chi connectivity index (χ0n) is 10.9. The molecule has 0 radical (unpaired) electrons. The van der Waals surface area contributed by atoms with Crippen molar-refractivity contribution in [2.45, 2.75) is 20.8 Å². The van der Waals surface area contributed by atoms with Crippen LogP contribution in [0.15, 0.2) is 24.3 Å². The Morgan fingerprint density at radius 3 is 2.22 bits per heavy atom. The quantitative estimate of drug-likeness (QED) is 0.656. The molecule has 0 atom stereocenters. The van der Waals surface area contributed by atoms with Gasteiger partial charge >= 0.3 is 5.97 Å². The number of carbonyl (C=O) groups is 2. The molecule has 1 rings (SSSR count). The minimum Gasteiger partial charge on any atom is -0.460 e. The summed E-state index contributed by atoms with van der Waals surface area (Å²) in [4.78, 5) is 24.0. The first-order valence-corrected chi connectivity index (χ1v) is 5.79. The third-order valence-electron chi connectivity index (χ3n) is 2.40. The van der Waals surface area contributed by atoms with Gasteiger partial charge in [-0.05, 0) is 6.07 Å². The van der Waals surface area contributed by atoms with Gasteiger partial charge in [-0.3, -0.25) is 4.79 Å². The molecule has 1 N–H and O–H groups in total. The number of hydrogen-bond donors (Lipinski definition) is 1. The second-order valence-electron chi connectivity index (χ2n) is 4.98. The van der Waals surface area contributed by atoms with E-state index in [9.17, 15) is 9.59 Å². The number of hydrogen-bond acceptors (Lipinski definition) is 4. The molecule has 0 unspecified atom stereocenters. The van der Waals surface area contributed by atoms with Gasteiger partial charge in [-0.1, -0.05) is 39.0 Å². The molecule has 0 aliphatic rings. The van der Waals surface area contributed by atoms with E-state index in [1.165, 1.54) is 0 Å². The Morgan fingerprint density at radius 2 is 1.72 bits per heavy atom. The van der Waals surface area contributed by atoms with Crippen LogP contribution >= 0.6 is 0 Å². The van der Waals surface area contributed by atoms with Crippen molar-refractivity contribution in [2.75, 3.05) is 13.2 Å². The Kier molecular flexibility index (Phi) is 4.62. The zero-order chi connectivity index (χ0) is 13.8. The summed E-state index contributed by atoms with van der Waals surface area (Å²) in [6.45, 7) is 5.08. The molecule has 0 aromatic heterocycles. The van der Waals surface area contributed by atoms with E-state index < -0.39 is 11.4 Å². The van der Waals surface area contributed by atoms with Gasteiger partial charge in [-0.25, -0.2) is 4.79 Å². The van der Waals surface area contributed by atoms with Crippen LogP contribution in [0.5, 0.6) is 0 Å². The fourth-order valence-electron chi connectivity index (χ4n) is 1.48. The van der Waals surface area contributed by atoms with Gasteiger partial charge in [0.2, 0.25) is 0 Å². The maximum absolute atomic E-state index is 12.2. The number of ketones is 1. The number of Topliss-reactive ketones (excluding diaryl/α,β-unsaturated/α-hetero) is 1. The lowest BCUT2D eigenvalue weighted by molar-refractivity contribution is 0.0430. The topological polar surface area (TPSA) is 63.6 Å². The van der Waals surface area contributed by atoms with Crippen molar-refractivity contribution in [2.24, 2.45) is 5.41 Å². The number of esters is 1. The first-order valence-electron chi connectivity index (χ1n) is 5.79. The molecule has 98 valence electrons. The summed E-state index contributed by atoms with van der Waals surface area (Å²) < 4.78 is 4.84. The van der Waals surface area contributed by atoms with Crippen molar-refractivity contribution in [1.82, 2.24) is 0 Å². The number of aliphatic hydroxyl groups excluding tert-OH is 1. The molecule has 0 fully saturated rings. The lowest BCUT2D eigenvalue weighted by atomic mass is 9.85. The van der Waals surface area contributed by atoms with Crippen LogP contribution in [-0.2, 0) is 4.74 Å². The van der Waals surface area contributed by atoms with Gasteiger partial charge in [0.15, 0.2) is 5.78 Å². The van der Waals surface area contributed by atoms with E-state index in [2.05, 4.69) is 0 Å². The van der Waals surface area contributed by atoms with Crippen LogP contribution in [0.25, 0.3) is 0 Å². The van der Waals surface area contributed by atoms with E-state index in [1.54, 1.807) is 45.0 Å². The van der Waals surface area contributed by atoms with Crippen LogP contribution in [0, 0.1) is 5.41 Å². The number of carbonyl (C=O) groups excluding carboxylic acids is 2. The molecule has 0 heterocycles. The highest BCUT2D eigenvalue weighted by Crippen LogP contribution is 2.23. The zero-order valence-corrected chi connectivity index (χ0v) is 10.9. The van der Waals surface area contributed by atoms with E-state index >= 15 is 0 Å². The summed E-state index contributed by atoms with van der Waals surface area (Å²) in [5.41, 5.74) is 0.0340. The van der Waals surface area contributed by atoms with Crippen LogP contribution in [-0.4, -0.2) is 30.1 Å². The molecule has 1 aromatic carbocycles. The second-order valence-corrected chi connectivity index (χ2v) is 4.98. The molecule has 0 spiro atoms. The largest absolute Gasteiger partial charge is 0.460 e. The van der Waals surface area contributed by atoms with Crippen LogP contribution < -0.4 is 0 Å². The Balaban J connectivity index is 3.07. The number of aliphatic hydroxyl groups is 1. The highest BCUT2D eigenvalue weighted by atomic mass is 16.5. The fourth-order valence-corrected chi connectivity index (χ4v) is 1.48. The Labute approximate surface area is 107 Å². The molecule has 4 nitrogen and oxygen atoms in total. The monoisotopic (exact) mass is 250 g/mol. The average Bonchev–Trinajstić information content (AvgIpc) is 2.34. The molecule has 1 aromatic rings. The molecule has 0 amide bonds. The van der Waals surface area contributed by atoms with Gasteiger partial charge in [0.25, 0.3) is 0 Å². The van der Waals surface area contributed by atoms with Crippen LogP contribution in [0.3, 0.4) is 0 Å². The Morgan fingerprint density at radius 1 is 1.17 bits per heavy atom. The molecule has 0 saturated heterocycles. The Bertz CT molecular complexity index is 443. The van der Waals surface area contributed by atoms with Crippen LogP contribution in [0.2, 0.25) is 0 Å². The van der Waals surface area contributed by atoms with E-state index in [0.29, 0.717) is 5.56 Å². The summed E-state index contributed by atoms with van der Waals surface area (Å²) in [6.07, 6.45) is 0. The Hall–Kier alpha value is -1.68. The normalized spacial score (nSPS) is 11.1. The van der Waals surface area contributed by atoms with Crippen LogP contribution in [0.4, 0.5) is 0 Å². The summed E-state index contributed by atoms with van der Waals surface area (Å²) in [6, 6.07) is 6.55. The number of rotatable bonds is 4. The minimum absolute atomic E-state index is 0.0725. The third kappa shape index (κ3) is 3.40. The molecular weight excluding hydrogens is 232 g/mol. The second kappa shape index (κ2) is 5.78. The minimum atomic E-state index is -0.586. The van der Waals surface area contributed by atoms with Gasteiger partial charge in [-0.15, -0.1) is 0 Å². The predicted molar refractivity (Wildman–Crippen MR) is 67.6 cm³/mol. The van der Waals surface area contributed by atoms with Crippen molar-refractivity contribution in [3.8, 4) is 0 Å². The molecule has 0 bridgehead atoms. The molecular formula is C14H18O4. The highest BCUT2D eigenvalue weighted by molar-refractivity contribution is 6.08. The van der Waals surface area contributed by atoms with Gasteiger partial charge in [0.1, 0.15) is 6.61 Å². The van der Waals surface area contributed by atoms with Crippen molar-refractivity contribution < 1.29 is 19.4 Å². The SMILES string of the molecule is CC(C)(C)C(=O)c1ccccc1C(=O)OCCO. The summed E-state index contributed by atoms with van der Waals surface area (Å²) in [5, 5.41) is 8.63. The lowest BCUT2D eigenvalue weighted by Gasteiger charge is -2.18. The molecule has 0 saturated carbocycles. The first kappa shape index (κ1) is 14.4. The summed E-state index contributed by atoms with van der Waals surface area (Å²) in [5.74, 6) is -0.698. The maximum Gasteiger partial charge on any atom is 0.338 e. The number of ether oxygens (including phenoxy) is 1. The smallest absolute Gasteiger partial charge is 0.338 e. The summed E-state index contributed by atoms with van der Waals surface area (Å²) >= 11 is 0. The molecule has 0 aliphatic carbocycles. The van der Waals surface area contributed by atoms with Gasteiger partial charge in [0.05, 0.1) is 12.2 Å². The standard InChI is InChI=1S/C14H18O4/c1-14(2,3)12(16)10-6-4-5-7-11(10)13(17)18-9-8-15/h4-7,15H,8-9H2,1-3H3. The van der Waals surface area contributed by atoms with Crippen molar-refractivity contribution in [3.63, 3.8) is 0 Å². The maximum atomic E-state index is 12.2. The van der Waals surface area contributed by atoms with Gasteiger partial charge in [-0.2, -0.15) is 0 Å². The fraction of sp³-hybridized carbons (Fsp3) is 0.429. The van der Waals surface area contributed by atoms with Crippen molar-refractivity contribution in [3.05, 3.63) is 35.4 Å². The van der Waals surface area contributed by atoms with E-state index in [1.807, 2.05) is 0 Å². The van der Waals surface area contributed by atoms with Crippen molar-refractivity contribution >= 4 is 11.8 Å². The van der Waals surface area contributed by atoms with Gasteiger partial charge in [0, 0.05) is 11.0 Å². The predicted octanol–water partition coefficient (Wildman–Crippen LogP) is 2.06. The van der Waals surface area contributed by atoms with Crippen molar-refractivity contribution in [1.29, 1.82) is 0 Å². The van der Waals surface area contributed by atoms with E-state index in [0.717, 1.165) is 0 Å². The van der Waals surface area contributed by atoms with E-state index in [-0.39, 0.29) is 24.6 Å². The molecule has 0 aliphatic heterocycles. The number of benzene rings is 1. The van der Waals surface area contributed by atoms with Gasteiger partial charge < -0.3 is 9.84 Å². The first-order chi connectivity index (χ1) is 8.38. The van der Waals surface area contributed by atoms with Crippen LogP contribution in [0.1, 0.15) is 41.5 Å². The highest BCUT2D eigenvalue weighted by Gasteiger charge is 2.27.